The molecule has 0 bridgehead atoms. The molecule has 0 aliphatic carbocycles. The maximum absolute atomic E-state index is 11.6. The molecule has 0 fully saturated rings. The summed E-state index contributed by atoms with van der Waals surface area (Å²) in [6.07, 6.45) is 0. The Balaban J connectivity index is 2.38. The molecule has 0 aliphatic heterocycles. The number of rotatable bonds is 5. The number of nitrogens with one attached hydrogen (secondary N) is 3. The van der Waals surface area contributed by atoms with Crippen LogP contribution in [0, 0.1) is 0 Å². The molecule has 5 nitrogen and oxygen atoms in total. The third kappa shape index (κ3) is 4.55. The number of carbonyl (C=O) groups excluding carboxylic acids is 2. The van der Waals surface area contributed by atoms with Gasteiger partial charge in [-0.25, -0.2) is 0 Å². The summed E-state index contributed by atoms with van der Waals surface area (Å²) >= 11 is 0. The topological polar surface area (TPSA) is 70.2 Å². The van der Waals surface area contributed by atoms with E-state index in [2.05, 4.69) is 16.0 Å². The minimum atomic E-state index is -0.141. The largest absolute Gasteiger partial charge is 0.388 e. The fourth-order valence-electron chi connectivity index (χ4n) is 1.30. The lowest BCUT2D eigenvalue weighted by Crippen LogP contribution is -2.33. The highest BCUT2D eigenvalue weighted by Gasteiger charge is 2.03. The quantitative estimate of drug-likeness (QED) is 0.654. The smallest absolute Gasteiger partial charge is 0.251 e. The fraction of sp³-hybridized carbons (Fsp3) is 0.333. The molecule has 17 heavy (non-hydrogen) atoms. The van der Waals surface area contributed by atoms with Gasteiger partial charge in [-0.05, 0) is 24.3 Å². The molecule has 5 heteroatoms. The van der Waals surface area contributed by atoms with Gasteiger partial charge in [0, 0.05) is 38.3 Å². The zero-order chi connectivity index (χ0) is 12.7. The summed E-state index contributed by atoms with van der Waals surface area (Å²) in [6, 6.07) is 7.17. The number of carbonyl (C=O) groups is 2. The monoisotopic (exact) mass is 235 g/mol. The fourth-order valence-corrected chi connectivity index (χ4v) is 1.30. The highest BCUT2D eigenvalue weighted by Crippen LogP contribution is 2.07. The van der Waals surface area contributed by atoms with Crippen molar-refractivity contribution in [2.45, 2.75) is 6.92 Å². The predicted octanol–water partition coefficient (Wildman–Crippen LogP) is 0.594. The van der Waals surface area contributed by atoms with E-state index in [0.29, 0.717) is 18.7 Å². The van der Waals surface area contributed by atoms with Gasteiger partial charge in [-0.15, -0.1) is 0 Å². The number of hydrogen-bond acceptors (Lipinski definition) is 3. The summed E-state index contributed by atoms with van der Waals surface area (Å²) in [5.74, 6) is -0.240. The molecule has 1 rings (SSSR count). The average molecular weight is 235 g/mol. The van der Waals surface area contributed by atoms with Crippen LogP contribution in [0.4, 0.5) is 5.69 Å². The molecule has 0 saturated carbocycles. The Hall–Kier alpha value is -2.04. The summed E-state index contributed by atoms with van der Waals surface area (Å²) in [5, 5.41) is 8.30. The van der Waals surface area contributed by atoms with E-state index < -0.39 is 0 Å². The predicted molar refractivity (Wildman–Crippen MR) is 67.0 cm³/mol. The molecule has 1 aromatic rings. The molecule has 0 unspecified atom stereocenters. The van der Waals surface area contributed by atoms with E-state index >= 15 is 0 Å². The molecule has 1 aromatic carbocycles. The third-order valence-corrected chi connectivity index (χ3v) is 2.22. The van der Waals surface area contributed by atoms with Gasteiger partial charge in [-0.1, -0.05) is 0 Å². The van der Waals surface area contributed by atoms with Crippen LogP contribution in [0.5, 0.6) is 0 Å². The maximum Gasteiger partial charge on any atom is 0.251 e. The second-order valence-electron chi connectivity index (χ2n) is 3.57. The normalized spacial score (nSPS) is 9.53. The van der Waals surface area contributed by atoms with Crippen molar-refractivity contribution in [2.75, 3.05) is 25.5 Å². The van der Waals surface area contributed by atoms with Gasteiger partial charge in [0.15, 0.2) is 0 Å². The minimum Gasteiger partial charge on any atom is -0.388 e. The number of benzene rings is 1. The lowest BCUT2D eigenvalue weighted by molar-refractivity contribution is -0.118. The van der Waals surface area contributed by atoms with E-state index in [1.165, 1.54) is 6.92 Å². The van der Waals surface area contributed by atoms with Crippen LogP contribution < -0.4 is 16.0 Å². The molecule has 0 saturated heterocycles. The molecule has 0 atom stereocenters. The number of amides is 2. The van der Waals surface area contributed by atoms with Gasteiger partial charge in [-0.3, -0.25) is 9.59 Å². The molecule has 0 aromatic heterocycles. The standard InChI is InChI=1S/C12H17N3O2/c1-9(16)14-7-8-15-12(17)10-3-5-11(13-2)6-4-10/h3-6,13H,7-8H2,1-2H3,(H,14,16)(H,15,17). The van der Waals surface area contributed by atoms with E-state index in [1.807, 2.05) is 19.2 Å². The van der Waals surface area contributed by atoms with Gasteiger partial charge >= 0.3 is 0 Å². The van der Waals surface area contributed by atoms with Crippen molar-refractivity contribution in [3.63, 3.8) is 0 Å². The van der Waals surface area contributed by atoms with E-state index in [9.17, 15) is 9.59 Å². The first-order valence-corrected chi connectivity index (χ1v) is 5.44. The first-order chi connectivity index (χ1) is 8.13. The second-order valence-corrected chi connectivity index (χ2v) is 3.57. The van der Waals surface area contributed by atoms with Gasteiger partial charge in [0.1, 0.15) is 0 Å². The Kier molecular flexibility index (Phi) is 5.00. The van der Waals surface area contributed by atoms with Gasteiger partial charge in [0.05, 0.1) is 0 Å². The van der Waals surface area contributed by atoms with Crippen molar-refractivity contribution in [3.8, 4) is 0 Å². The van der Waals surface area contributed by atoms with Crippen LogP contribution in [0.3, 0.4) is 0 Å². The molecule has 0 spiro atoms. The number of anilines is 1. The lowest BCUT2D eigenvalue weighted by Gasteiger charge is -2.06. The highest BCUT2D eigenvalue weighted by molar-refractivity contribution is 5.94. The molecule has 0 radical (unpaired) electrons. The van der Waals surface area contributed by atoms with Crippen molar-refractivity contribution in [1.82, 2.24) is 10.6 Å². The van der Waals surface area contributed by atoms with Crippen molar-refractivity contribution in [1.29, 1.82) is 0 Å². The van der Waals surface area contributed by atoms with Gasteiger partial charge < -0.3 is 16.0 Å². The Bertz CT molecular complexity index is 387. The molecule has 0 aliphatic rings. The SMILES string of the molecule is CNc1ccc(C(=O)NCCNC(C)=O)cc1. The van der Waals surface area contributed by atoms with Gasteiger partial charge in [0.25, 0.3) is 5.91 Å². The average Bonchev–Trinajstić information content (AvgIpc) is 2.34. The van der Waals surface area contributed by atoms with Crippen LogP contribution in [-0.4, -0.2) is 32.0 Å². The molecule has 3 N–H and O–H groups in total. The van der Waals surface area contributed by atoms with E-state index in [0.717, 1.165) is 5.69 Å². The van der Waals surface area contributed by atoms with Crippen LogP contribution in [-0.2, 0) is 4.79 Å². The summed E-state index contributed by atoms with van der Waals surface area (Å²) in [4.78, 5) is 22.2. The van der Waals surface area contributed by atoms with Crippen LogP contribution in [0.15, 0.2) is 24.3 Å². The van der Waals surface area contributed by atoms with Crippen LogP contribution in [0.1, 0.15) is 17.3 Å². The van der Waals surface area contributed by atoms with Crippen LogP contribution in [0.25, 0.3) is 0 Å². The van der Waals surface area contributed by atoms with Gasteiger partial charge in [-0.2, -0.15) is 0 Å². The Morgan fingerprint density at radius 2 is 1.65 bits per heavy atom. The van der Waals surface area contributed by atoms with E-state index in [4.69, 9.17) is 0 Å². The third-order valence-electron chi connectivity index (χ3n) is 2.22. The van der Waals surface area contributed by atoms with E-state index in [1.54, 1.807) is 12.1 Å². The molecule has 0 heterocycles. The molecule has 92 valence electrons. The Labute approximate surface area is 101 Å². The van der Waals surface area contributed by atoms with Crippen molar-refractivity contribution >= 4 is 17.5 Å². The van der Waals surface area contributed by atoms with Crippen molar-refractivity contribution in [3.05, 3.63) is 29.8 Å². The Morgan fingerprint density at radius 1 is 1.06 bits per heavy atom. The summed E-state index contributed by atoms with van der Waals surface area (Å²) in [6.45, 7) is 2.31. The lowest BCUT2D eigenvalue weighted by atomic mass is 10.2. The highest BCUT2D eigenvalue weighted by atomic mass is 16.2. The summed E-state index contributed by atoms with van der Waals surface area (Å²) in [5.41, 5.74) is 1.56. The zero-order valence-corrected chi connectivity index (χ0v) is 10.0. The minimum absolute atomic E-state index is 0.0994. The van der Waals surface area contributed by atoms with E-state index in [-0.39, 0.29) is 11.8 Å². The zero-order valence-electron chi connectivity index (χ0n) is 10.0. The molecular weight excluding hydrogens is 218 g/mol. The Morgan fingerprint density at radius 3 is 2.18 bits per heavy atom. The van der Waals surface area contributed by atoms with Crippen LogP contribution in [0.2, 0.25) is 0 Å². The molecule has 2 amide bonds. The van der Waals surface area contributed by atoms with Crippen molar-refractivity contribution in [2.24, 2.45) is 0 Å². The van der Waals surface area contributed by atoms with Gasteiger partial charge in [0.2, 0.25) is 5.91 Å². The summed E-state index contributed by atoms with van der Waals surface area (Å²) in [7, 11) is 1.82. The first kappa shape index (κ1) is 13.0. The molecular formula is C12H17N3O2. The second kappa shape index (κ2) is 6.52. The van der Waals surface area contributed by atoms with Crippen molar-refractivity contribution < 1.29 is 9.59 Å². The van der Waals surface area contributed by atoms with Crippen LogP contribution >= 0.6 is 0 Å². The first-order valence-electron chi connectivity index (χ1n) is 5.44. The number of hydrogen-bond donors (Lipinski definition) is 3. The summed E-state index contributed by atoms with van der Waals surface area (Å²) < 4.78 is 0. The maximum atomic E-state index is 11.6.